The van der Waals surface area contributed by atoms with E-state index < -0.39 is 6.04 Å². The third-order valence-corrected chi connectivity index (χ3v) is 5.67. The number of carbonyl (C=O) groups excluding carboxylic acids is 2. The van der Waals surface area contributed by atoms with Gasteiger partial charge in [0, 0.05) is 36.9 Å². The van der Waals surface area contributed by atoms with E-state index in [2.05, 4.69) is 20.2 Å². The van der Waals surface area contributed by atoms with Crippen LogP contribution in [0.5, 0.6) is 0 Å². The molecule has 3 aliphatic rings. The Labute approximate surface area is 176 Å². The number of nitrogens with zero attached hydrogens (tertiary/aromatic N) is 5. The lowest BCUT2D eigenvalue weighted by Crippen LogP contribution is -2.52. The van der Waals surface area contributed by atoms with Crippen molar-refractivity contribution in [2.75, 3.05) is 18.0 Å². The van der Waals surface area contributed by atoms with Crippen molar-refractivity contribution in [3.05, 3.63) is 18.5 Å². The first-order valence-electron chi connectivity index (χ1n) is 9.15. The molecule has 0 aliphatic carbocycles. The third-order valence-electron chi connectivity index (χ3n) is 5.67. The highest BCUT2D eigenvalue weighted by molar-refractivity contribution is 5.91. The van der Waals surface area contributed by atoms with Crippen LogP contribution in [0.2, 0.25) is 0 Å². The highest BCUT2D eigenvalue weighted by atomic mass is 35.5. The smallest absolute Gasteiger partial charge is 0.238 e. The quantitative estimate of drug-likeness (QED) is 0.768. The van der Waals surface area contributed by atoms with Crippen LogP contribution in [0.25, 0.3) is 0 Å². The van der Waals surface area contributed by atoms with Gasteiger partial charge >= 0.3 is 0 Å². The van der Waals surface area contributed by atoms with Crippen molar-refractivity contribution in [2.24, 2.45) is 0 Å². The number of hydrogen-bond acceptors (Lipinski definition) is 7. The van der Waals surface area contributed by atoms with E-state index >= 15 is 0 Å². The van der Waals surface area contributed by atoms with Crippen LogP contribution in [0, 0.1) is 11.3 Å². The van der Waals surface area contributed by atoms with E-state index in [1.807, 2.05) is 12.1 Å². The molecule has 2 unspecified atom stereocenters. The molecule has 1 amide bonds. The lowest BCUT2D eigenvalue weighted by molar-refractivity contribution is -0.131. The molecule has 28 heavy (non-hydrogen) atoms. The van der Waals surface area contributed by atoms with Crippen LogP contribution in [0.15, 0.2) is 18.5 Å². The fourth-order valence-corrected chi connectivity index (χ4v) is 4.50. The van der Waals surface area contributed by atoms with Crippen LogP contribution < -0.4 is 10.2 Å². The maximum absolute atomic E-state index is 12.4. The second-order valence-electron chi connectivity index (χ2n) is 7.30. The summed E-state index contributed by atoms with van der Waals surface area (Å²) in [6, 6.07) is 4.31. The van der Waals surface area contributed by atoms with Gasteiger partial charge in [0.15, 0.2) is 5.78 Å². The number of ketones is 1. The minimum absolute atomic E-state index is 0. The number of carbonyl (C=O) groups is 2. The minimum atomic E-state index is -0.606. The monoisotopic (exact) mass is 426 g/mol. The summed E-state index contributed by atoms with van der Waals surface area (Å²) in [5.74, 6) is 0.588. The topological polar surface area (TPSA) is 102 Å². The molecule has 3 aliphatic heterocycles. The first-order valence-corrected chi connectivity index (χ1v) is 9.15. The number of aromatic nitrogens is 2. The van der Waals surface area contributed by atoms with Gasteiger partial charge in [0.25, 0.3) is 0 Å². The van der Waals surface area contributed by atoms with Crippen LogP contribution in [-0.2, 0) is 9.59 Å². The zero-order valence-electron chi connectivity index (χ0n) is 15.4. The Balaban J connectivity index is 0.00000140. The summed E-state index contributed by atoms with van der Waals surface area (Å²) >= 11 is 0. The second kappa shape index (κ2) is 9.50. The maximum atomic E-state index is 12.4. The maximum Gasteiger partial charge on any atom is 0.238 e. The summed E-state index contributed by atoms with van der Waals surface area (Å²) in [6.07, 6.45) is 7.83. The predicted octanol–water partition coefficient (Wildman–Crippen LogP) is 1.10. The lowest BCUT2D eigenvalue weighted by atomic mass is 9.97. The van der Waals surface area contributed by atoms with Crippen LogP contribution in [0.1, 0.15) is 32.1 Å². The van der Waals surface area contributed by atoms with Gasteiger partial charge < -0.3 is 15.1 Å². The van der Waals surface area contributed by atoms with Gasteiger partial charge in [-0.25, -0.2) is 9.97 Å². The molecule has 4 rings (SSSR count). The first kappa shape index (κ1) is 22.3. The van der Waals surface area contributed by atoms with Gasteiger partial charge in [-0.05, 0) is 31.7 Å². The van der Waals surface area contributed by atoms with Gasteiger partial charge in [0.05, 0.1) is 19.2 Å². The average molecular weight is 427 g/mol. The summed E-state index contributed by atoms with van der Waals surface area (Å²) in [6.45, 7) is 0.241. The molecule has 1 aromatic heterocycles. The third kappa shape index (κ3) is 4.37. The lowest BCUT2D eigenvalue weighted by Gasteiger charge is -2.39. The van der Waals surface area contributed by atoms with E-state index in [0.29, 0.717) is 12.1 Å². The number of likely N-dealkylation sites (tertiary alicyclic amines) is 1. The minimum Gasteiger partial charge on any atom is -0.335 e. The molecule has 0 radical (unpaired) electrons. The van der Waals surface area contributed by atoms with Crippen molar-refractivity contribution in [1.82, 2.24) is 20.2 Å². The fourth-order valence-electron chi connectivity index (χ4n) is 4.50. The normalized spacial score (nSPS) is 28.3. The van der Waals surface area contributed by atoms with Gasteiger partial charge in [0.1, 0.15) is 6.04 Å². The molecular weight excluding hydrogens is 403 g/mol. The number of anilines is 1. The Bertz CT molecular complexity index is 729. The van der Waals surface area contributed by atoms with Crippen LogP contribution in [-0.4, -0.2) is 63.8 Å². The molecule has 0 spiro atoms. The molecule has 0 saturated carbocycles. The van der Waals surface area contributed by atoms with E-state index in [9.17, 15) is 9.59 Å². The van der Waals surface area contributed by atoms with Crippen LogP contribution in [0.3, 0.4) is 0 Å². The Morgan fingerprint density at radius 3 is 2.46 bits per heavy atom. The number of amides is 1. The molecule has 10 heteroatoms. The van der Waals surface area contributed by atoms with Crippen molar-refractivity contribution >= 4 is 42.5 Å². The molecule has 4 heterocycles. The fraction of sp³-hybridized carbons (Fsp3) is 0.611. The summed E-state index contributed by atoms with van der Waals surface area (Å²) in [4.78, 5) is 36.4. The number of nitriles is 1. The van der Waals surface area contributed by atoms with E-state index in [4.69, 9.17) is 5.26 Å². The van der Waals surface area contributed by atoms with E-state index in [0.717, 1.165) is 31.6 Å². The summed E-state index contributed by atoms with van der Waals surface area (Å²) < 4.78 is 0. The second-order valence-corrected chi connectivity index (χ2v) is 7.30. The van der Waals surface area contributed by atoms with Gasteiger partial charge in [-0.15, -0.1) is 24.8 Å². The molecule has 3 saturated heterocycles. The Morgan fingerprint density at radius 2 is 1.86 bits per heavy atom. The average Bonchev–Trinajstić information content (AvgIpc) is 3.17. The zero-order chi connectivity index (χ0) is 18.1. The predicted molar refractivity (Wildman–Crippen MR) is 108 cm³/mol. The van der Waals surface area contributed by atoms with Crippen LogP contribution >= 0.6 is 24.8 Å². The van der Waals surface area contributed by atoms with E-state index in [1.54, 1.807) is 12.4 Å². The Morgan fingerprint density at radius 1 is 1.21 bits per heavy atom. The van der Waals surface area contributed by atoms with Crippen molar-refractivity contribution in [3.8, 4) is 6.07 Å². The van der Waals surface area contributed by atoms with E-state index in [-0.39, 0.29) is 62.1 Å². The molecule has 3 fully saturated rings. The van der Waals surface area contributed by atoms with Crippen LogP contribution in [0.4, 0.5) is 5.95 Å². The molecule has 152 valence electrons. The SMILES string of the molecule is Cl.Cl.N#C[C@@H]1CC(=O)CN1C(=O)CNC1CC2CCC(C1)N2c1ncccn1. The molecular formula is C18H24Cl2N6O2. The number of Topliss-reactive ketones (excluding diaryl/α,β-unsaturated/α-hetero) is 1. The number of piperidine rings is 1. The molecule has 2 bridgehead atoms. The van der Waals surface area contributed by atoms with Gasteiger partial charge in [-0.3, -0.25) is 9.59 Å². The van der Waals surface area contributed by atoms with Crippen molar-refractivity contribution < 1.29 is 9.59 Å². The standard InChI is InChI=1S/C18H22N6O2.2ClH/c19-9-15-8-16(25)11-23(15)17(26)10-22-12-6-13-2-3-14(7-12)24(13)18-20-4-1-5-21-18;;/h1,4-5,12-15,22H,2-3,6-8,10-11H2;2*1H/t12?,13?,14?,15-;;/m0../s1. The highest BCUT2D eigenvalue weighted by Gasteiger charge is 2.42. The molecule has 1 aromatic rings. The molecule has 0 aromatic carbocycles. The molecule has 8 nitrogen and oxygen atoms in total. The van der Waals surface area contributed by atoms with Crippen molar-refractivity contribution in [3.63, 3.8) is 0 Å². The van der Waals surface area contributed by atoms with Crippen molar-refractivity contribution in [2.45, 2.75) is 56.3 Å². The number of rotatable bonds is 4. The Hall–Kier alpha value is -1.95. The number of hydrogen-bond donors (Lipinski definition) is 1. The summed E-state index contributed by atoms with van der Waals surface area (Å²) in [5, 5.41) is 12.5. The van der Waals surface area contributed by atoms with Gasteiger partial charge in [0.2, 0.25) is 11.9 Å². The summed E-state index contributed by atoms with van der Waals surface area (Å²) in [7, 11) is 0. The first-order chi connectivity index (χ1) is 12.7. The molecule has 3 atom stereocenters. The van der Waals surface area contributed by atoms with Gasteiger partial charge in [-0.2, -0.15) is 5.26 Å². The number of fused-ring (bicyclic) bond motifs is 2. The zero-order valence-corrected chi connectivity index (χ0v) is 17.0. The van der Waals surface area contributed by atoms with E-state index in [1.165, 1.54) is 4.90 Å². The Kier molecular flexibility index (Phi) is 7.58. The van der Waals surface area contributed by atoms with Crippen molar-refractivity contribution in [1.29, 1.82) is 5.26 Å². The number of nitrogens with one attached hydrogen (secondary N) is 1. The summed E-state index contributed by atoms with van der Waals surface area (Å²) in [5.41, 5.74) is 0. The van der Waals surface area contributed by atoms with Gasteiger partial charge in [-0.1, -0.05) is 0 Å². The number of halogens is 2. The molecule has 1 N–H and O–H groups in total. The largest absolute Gasteiger partial charge is 0.335 e. The highest BCUT2D eigenvalue weighted by Crippen LogP contribution is 2.37.